The molecule has 150 valence electrons. The van der Waals surface area contributed by atoms with Gasteiger partial charge in [0.15, 0.2) is 0 Å². The molecule has 0 aliphatic carbocycles. The van der Waals surface area contributed by atoms with Crippen LogP contribution >= 0.6 is 0 Å². The van der Waals surface area contributed by atoms with Crippen LogP contribution in [0.3, 0.4) is 0 Å². The van der Waals surface area contributed by atoms with Crippen molar-refractivity contribution in [3.63, 3.8) is 0 Å². The van der Waals surface area contributed by atoms with Crippen molar-refractivity contribution >= 4 is 5.91 Å². The van der Waals surface area contributed by atoms with Crippen LogP contribution in [0.5, 0.6) is 0 Å². The molecule has 0 N–H and O–H groups in total. The van der Waals surface area contributed by atoms with Gasteiger partial charge in [0, 0.05) is 24.0 Å². The Balaban J connectivity index is 1.69. The second-order valence-corrected chi connectivity index (χ2v) is 7.87. The number of carbonyl (C=O) groups excluding carboxylic acids is 1. The lowest BCUT2D eigenvalue weighted by Crippen LogP contribution is -2.34. The van der Waals surface area contributed by atoms with Gasteiger partial charge in [-0.05, 0) is 60.5 Å². The standard InChI is InChI=1S/C27H21N3O/c1-19-8-12-21(13-9-19)26-25-7-4-16-29(25)24-6-3-2-5-23(24)18-30(26)27(31)22-14-10-20(17-28)11-15-22/h2-16,26H,18H2,1H3/t26-/m0/s1. The summed E-state index contributed by atoms with van der Waals surface area (Å²) in [5, 5.41) is 9.11. The van der Waals surface area contributed by atoms with Gasteiger partial charge in [-0.1, -0.05) is 48.0 Å². The van der Waals surface area contributed by atoms with Gasteiger partial charge in [0.1, 0.15) is 0 Å². The van der Waals surface area contributed by atoms with Crippen LogP contribution in [0.25, 0.3) is 5.69 Å². The highest BCUT2D eigenvalue weighted by molar-refractivity contribution is 5.95. The lowest BCUT2D eigenvalue weighted by molar-refractivity contribution is 0.0691. The number of amides is 1. The van der Waals surface area contributed by atoms with Crippen molar-refractivity contribution in [2.24, 2.45) is 0 Å². The lowest BCUT2D eigenvalue weighted by Gasteiger charge is -2.31. The van der Waals surface area contributed by atoms with E-state index in [-0.39, 0.29) is 11.9 Å². The number of nitrogens with zero attached hydrogens (tertiary/aromatic N) is 3. The van der Waals surface area contributed by atoms with Gasteiger partial charge in [-0.3, -0.25) is 4.79 Å². The summed E-state index contributed by atoms with van der Waals surface area (Å²) < 4.78 is 2.19. The number of rotatable bonds is 2. The first-order chi connectivity index (χ1) is 15.2. The van der Waals surface area contributed by atoms with E-state index in [1.807, 2.05) is 23.1 Å². The van der Waals surface area contributed by atoms with E-state index in [1.165, 1.54) is 5.56 Å². The fourth-order valence-corrected chi connectivity index (χ4v) is 4.29. The molecular formula is C27H21N3O. The smallest absolute Gasteiger partial charge is 0.254 e. The molecule has 5 rings (SSSR count). The van der Waals surface area contributed by atoms with Crippen LogP contribution in [0.1, 0.15) is 44.3 Å². The maximum absolute atomic E-state index is 13.8. The number of carbonyl (C=O) groups is 1. The van der Waals surface area contributed by atoms with E-state index in [2.05, 4.69) is 66.2 Å². The zero-order valence-corrected chi connectivity index (χ0v) is 17.2. The Kier molecular flexibility index (Phi) is 4.65. The van der Waals surface area contributed by atoms with Crippen molar-refractivity contribution < 1.29 is 4.79 Å². The third-order valence-corrected chi connectivity index (χ3v) is 5.88. The molecule has 1 atom stereocenters. The molecule has 0 radical (unpaired) electrons. The van der Waals surface area contributed by atoms with Crippen LogP contribution in [-0.4, -0.2) is 15.4 Å². The predicted octanol–water partition coefficient (Wildman–Crippen LogP) is 5.40. The van der Waals surface area contributed by atoms with Crippen LogP contribution in [0.15, 0.2) is 91.1 Å². The van der Waals surface area contributed by atoms with E-state index in [9.17, 15) is 4.79 Å². The van der Waals surface area contributed by atoms with Crippen molar-refractivity contribution in [1.29, 1.82) is 5.26 Å². The highest BCUT2D eigenvalue weighted by Crippen LogP contribution is 2.37. The van der Waals surface area contributed by atoms with E-state index < -0.39 is 0 Å². The van der Waals surface area contributed by atoms with Crippen molar-refractivity contribution in [2.75, 3.05) is 0 Å². The molecule has 0 fully saturated rings. The minimum Gasteiger partial charge on any atom is -0.322 e. The minimum atomic E-state index is -0.230. The molecule has 2 heterocycles. The molecule has 0 saturated carbocycles. The third-order valence-electron chi connectivity index (χ3n) is 5.88. The number of aryl methyl sites for hydroxylation is 1. The molecule has 0 spiro atoms. The van der Waals surface area contributed by atoms with Gasteiger partial charge in [-0.25, -0.2) is 0 Å². The number of hydrogen-bond acceptors (Lipinski definition) is 2. The summed E-state index contributed by atoms with van der Waals surface area (Å²) in [6.45, 7) is 2.56. The summed E-state index contributed by atoms with van der Waals surface area (Å²) in [5.41, 5.74) is 6.61. The maximum atomic E-state index is 13.8. The Morgan fingerprint density at radius 1 is 0.935 bits per heavy atom. The van der Waals surface area contributed by atoms with Crippen LogP contribution in [0.2, 0.25) is 0 Å². The topological polar surface area (TPSA) is 49.0 Å². The van der Waals surface area contributed by atoms with E-state index in [0.29, 0.717) is 17.7 Å². The van der Waals surface area contributed by atoms with Crippen molar-refractivity contribution in [3.8, 4) is 11.8 Å². The van der Waals surface area contributed by atoms with E-state index >= 15 is 0 Å². The molecule has 4 nitrogen and oxygen atoms in total. The number of aromatic nitrogens is 1. The Morgan fingerprint density at radius 2 is 1.68 bits per heavy atom. The van der Waals surface area contributed by atoms with Gasteiger partial charge in [0.25, 0.3) is 5.91 Å². The van der Waals surface area contributed by atoms with Crippen LogP contribution in [0, 0.1) is 18.3 Å². The highest BCUT2D eigenvalue weighted by Gasteiger charge is 2.33. The molecule has 31 heavy (non-hydrogen) atoms. The molecule has 1 aliphatic rings. The second kappa shape index (κ2) is 7.62. The number of benzene rings is 3. The van der Waals surface area contributed by atoms with Crippen molar-refractivity contribution in [1.82, 2.24) is 9.47 Å². The number of fused-ring (bicyclic) bond motifs is 3. The summed E-state index contributed by atoms with van der Waals surface area (Å²) in [5.74, 6) is -0.0560. The van der Waals surface area contributed by atoms with Crippen LogP contribution < -0.4 is 0 Å². The van der Waals surface area contributed by atoms with Gasteiger partial charge < -0.3 is 9.47 Å². The first-order valence-electron chi connectivity index (χ1n) is 10.3. The second-order valence-electron chi connectivity index (χ2n) is 7.87. The molecular weight excluding hydrogens is 382 g/mol. The van der Waals surface area contributed by atoms with Crippen molar-refractivity contribution in [2.45, 2.75) is 19.5 Å². The first kappa shape index (κ1) is 18.9. The third kappa shape index (κ3) is 3.31. The van der Waals surface area contributed by atoms with Gasteiger partial charge in [0.05, 0.1) is 23.4 Å². The Morgan fingerprint density at radius 3 is 2.42 bits per heavy atom. The molecule has 1 aliphatic heterocycles. The first-order valence-corrected chi connectivity index (χ1v) is 10.3. The zero-order chi connectivity index (χ0) is 21.4. The quantitative estimate of drug-likeness (QED) is 0.450. The Labute approximate surface area is 181 Å². The largest absolute Gasteiger partial charge is 0.322 e. The monoisotopic (exact) mass is 403 g/mol. The summed E-state index contributed by atoms with van der Waals surface area (Å²) in [7, 11) is 0. The van der Waals surface area contributed by atoms with Crippen molar-refractivity contribution in [3.05, 3.63) is 125 Å². The fraction of sp³-hybridized carbons (Fsp3) is 0.111. The summed E-state index contributed by atoms with van der Waals surface area (Å²) in [6, 6.07) is 29.5. The number of para-hydroxylation sites is 1. The van der Waals surface area contributed by atoms with Gasteiger partial charge in [-0.15, -0.1) is 0 Å². The number of nitriles is 1. The molecule has 0 bridgehead atoms. The van der Waals surface area contributed by atoms with Gasteiger partial charge >= 0.3 is 0 Å². The van der Waals surface area contributed by atoms with Gasteiger partial charge in [-0.2, -0.15) is 5.26 Å². The summed E-state index contributed by atoms with van der Waals surface area (Å²) >= 11 is 0. The minimum absolute atomic E-state index is 0.0560. The van der Waals surface area contributed by atoms with E-state index in [4.69, 9.17) is 5.26 Å². The SMILES string of the molecule is Cc1ccc([C@H]2c3cccn3-c3ccccc3CN2C(=O)c2ccc(C#N)cc2)cc1. The Hall–Kier alpha value is -4.10. The molecule has 4 aromatic rings. The van der Waals surface area contributed by atoms with Crippen LogP contribution in [-0.2, 0) is 6.54 Å². The fourth-order valence-electron chi connectivity index (χ4n) is 4.29. The lowest BCUT2D eigenvalue weighted by atomic mass is 9.99. The normalized spacial score (nSPS) is 14.8. The molecule has 1 aromatic heterocycles. The summed E-state index contributed by atoms with van der Waals surface area (Å²) in [4.78, 5) is 15.7. The average molecular weight is 403 g/mol. The highest BCUT2D eigenvalue weighted by atomic mass is 16.2. The van der Waals surface area contributed by atoms with Gasteiger partial charge in [0.2, 0.25) is 0 Å². The maximum Gasteiger partial charge on any atom is 0.254 e. The average Bonchev–Trinajstić information content (AvgIpc) is 3.24. The molecule has 0 saturated heterocycles. The summed E-state index contributed by atoms with van der Waals surface area (Å²) in [6.07, 6.45) is 2.06. The molecule has 3 aromatic carbocycles. The Bertz CT molecular complexity index is 1290. The van der Waals surface area contributed by atoms with E-state index in [0.717, 1.165) is 22.5 Å². The number of hydrogen-bond donors (Lipinski definition) is 0. The molecule has 0 unspecified atom stereocenters. The molecule has 4 heteroatoms. The predicted molar refractivity (Wildman–Crippen MR) is 120 cm³/mol. The molecule has 1 amide bonds. The van der Waals surface area contributed by atoms with Crippen LogP contribution in [0.4, 0.5) is 0 Å². The van der Waals surface area contributed by atoms with E-state index in [1.54, 1.807) is 24.3 Å². The zero-order valence-electron chi connectivity index (χ0n) is 17.2.